The highest BCUT2D eigenvalue weighted by atomic mass is 35.5. The second kappa shape index (κ2) is 11.8. The van der Waals surface area contributed by atoms with Gasteiger partial charge in [0.05, 0.1) is 12.4 Å². The van der Waals surface area contributed by atoms with Crippen molar-refractivity contribution in [2.45, 2.75) is 37.6 Å². The number of aliphatic hydroxyl groups excluding tert-OH is 1. The third kappa shape index (κ3) is 5.82. The number of hydrogen-bond donors (Lipinski definition) is 5. The zero-order valence-electron chi connectivity index (χ0n) is 21.0. The Kier molecular flexibility index (Phi) is 8.07. The molecule has 2 aromatic carbocycles. The van der Waals surface area contributed by atoms with Crippen LogP contribution < -0.4 is 21.1 Å². The van der Waals surface area contributed by atoms with Gasteiger partial charge in [-0.2, -0.15) is 0 Å². The molecule has 13 nitrogen and oxygen atoms in total. The van der Waals surface area contributed by atoms with E-state index >= 15 is 0 Å². The minimum atomic E-state index is -1.38. The number of carbonyl (C=O) groups is 2. The molecule has 1 aliphatic rings. The highest BCUT2D eigenvalue weighted by Gasteiger charge is 2.46. The largest absolute Gasteiger partial charge is 0.483 e. The van der Waals surface area contributed by atoms with Gasteiger partial charge < -0.3 is 36.1 Å². The number of nitrogens with zero attached hydrogens (tertiary/aromatic N) is 4. The van der Waals surface area contributed by atoms with E-state index in [0.29, 0.717) is 39.9 Å². The minimum absolute atomic E-state index is 0.188. The first-order chi connectivity index (χ1) is 19.3. The average Bonchev–Trinajstić information content (AvgIpc) is 3.51. The Bertz CT molecular complexity index is 1520. The molecule has 0 radical (unpaired) electrons. The number of aromatic nitrogens is 4. The quantitative estimate of drug-likeness (QED) is 0.187. The molecule has 2 aromatic heterocycles. The number of carboxylic acid groups (broad SMARTS) is 1. The van der Waals surface area contributed by atoms with E-state index in [2.05, 4.69) is 25.6 Å². The number of hydrogen-bond acceptors (Lipinski definition) is 10. The molecule has 4 unspecified atom stereocenters. The number of imidazole rings is 1. The van der Waals surface area contributed by atoms with Gasteiger partial charge in [0.25, 0.3) is 5.91 Å². The number of aliphatic hydroxyl groups is 1. The summed E-state index contributed by atoms with van der Waals surface area (Å²) in [6.07, 6.45) is -1.09. The van der Waals surface area contributed by atoms with Crippen molar-refractivity contribution in [1.82, 2.24) is 24.8 Å². The van der Waals surface area contributed by atoms with Crippen LogP contribution in [0.15, 0.2) is 61.2 Å². The Labute approximate surface area is 232 Å². The van der Waals surface area contributed by atoms with E-state index in [4.69, 9.17) is 26.8 Å². The number of anilines is 1. The molecule has 6 N–H and O–H groups in total. The monoisotopic (exact) mass is 567 g/mol. The lowest BCUT2D eigenvalue weighted by molar-refractivity contribution is -0.152. The normalized spacial score (nSPS) is 20.4. The molecular formula is C26H26ClN7O6. The van der Waals surface area contributed by atoms with Gasteiger partial charge in [-0.3, -0.25) is 9.36 Å². The minimum Gasteiger partial charge on any atom is -0.483 e. The number of ether oxygens (including phenoxy) is 2. The first-order valence-corrected chi connectivity index (χ1v) is 12.6. The number of rotatable bonds is 10. The molecule has 4 atom stereocenters. The van der Waals surface area contributed by atoms with Gasteiger partial charge in [-0.1, -0.05) is 41.9 Å². The van der Waals surface area contributed by atoms with Crippen LogP contribution in [-0.2, 0) is 27.4 Å². The van der Waals surface area contributed by atoms with E-state index in [1.54, 1.807) is 18.2 Å². The molecule has 14 heteroatoms. The van der Waals surface area contributed by atoms with Gasteiger partial charge in [0.2, 0.25) is 0 Å². The van der Waals surface area contributed by atoms with Crippen molar-refractivity contribution in [3.63, 3.8) is 0 Å². The average molecular weight is 568 g/mol. The smallest absolute Gasteiger partial charge is 0.334 e. The lowest BCUT2D eigenvalue weighted by Crippen LogP contribution is -2.43. The summed E-state index contributed by atoms with van der Waals surface area (Å²) < 4.78 is 12.7. The molecule has 208 valence electrons. The van der Waals surface area contributed by atoms with Gasteiger partial charge in [0, 0.05) is 23.7 Å². The predicted molar refractivity (Wildman–Crippen MR) is 143 cm³/mol. The molecule has 40 heavy (non-hydrogen) atoms. The molecule has 1 fully saturated rings. The number of carboxylic acids is 1. The number of halogens is 1. The van der Waals surface area contributed by atoms with Gasteiger partial charge in [-0.05, 0) is 23.8 Å². The van der Waals surface area contributed by atoms with E-state index in [1.807, 2.05) is 30.3 Å². The molecule has 0 spiro atoms. The molecule has 0 bridgehead atoms. The number of nitrogens with one attached hydrogen (secondary N) is 2. The van der Waals surface area contributed by atoms with Crippen LogP contribution in [0.2, 0.25) is 5.02 Å². The van der Waals surface area contributed by atoms with E-state index in [1.165, 1.54) is 17.2 Å². The van der Waals surface area contributed by atoms with Crippen LogP contribution in [0.4, 0.5) is 5.82 Å². The summed E-state index contributed by atoms with van der Waals surface area (Å²) in [7, 11) is 0. The van der Waals surface area contributed by atoms with Crippen LogP contribution in [0.3, 0.4) is 0 Å². The van der Waals surface area contributed by atoms with Gasteiger partial charge in [-0.15, -0.1) is 0 Å². The lowest BCUT2D eigenvalue weighted by atomic mass is 10.1. The van der Waals surface area contributed by atoms with E-state index in [0.717, 1.165) is 5.56 Å². The maximum absolute atomic E-state index is 12.3. The van der Waals surface area contributed by atoms with Crippen LogP contribution in [0, 0.1) is 0 Å². The molecule has 1 amide bonds. The zero-order chi connectivity index (χ0) is 28.2. The second-order valence-corrected chi connectivity index (χ2v) is 9.49. The molecule has 3 heterocycles. The van der Waals surface area contributed by atoms with Crippen molar-refractivity contribution >= 4 is 40.5 Å². The highest BCUT2D eigenvalue weighted by molar-refractivity contribution is 6.30. The molecule has 0 aliphatic carbocycles. The second-order valence-electron chi connectivity index (χ2n) is 9.06. The van der Waals surface area contributed by atoms with E-state index < -0.39 is 30.4 Å². The van der Waals surface area contributed by atoms with E-state index in [-0.39, 0.29) is 19.1 Å². The molecule has 1 saturated heterocycles. The third-order valence-electron chi connectivity index (χ3n) is 6.36. The number of fused-ring (bicyclic) bond motifs is 1. The fourth-order valence-electron chi connectivity index (χ4n) is 4.31. The standard InChI is InChI=1S/C26H26ClN7O6/c27-16-6-7-17(39-11-18(35)29-9-14-4-2-1-3-5-14)15(8-16)10-30-23-20-24(32-12-31-23)34(13-33-20)25-21(36)19(28)22(40-25)26(37)38/h1-8,12-13,19,21-22,25,36H,9-11,28H2,(H,29,35)(H,37,38)(H,30,31,32). The number of aliphatic carboxylic acids is 1. The molecular weight excluding hydrogens is 542 g/mol. The Morgan fingerprint density at radius 1 is 1.12 bits per heavy atom. The van der Waals surface area contributed by atoms with Gasteiger partial charge in [0.1, 0.15) is 18.2 Å². The third-order valence-corrected chi connectivity index (χ3v) is 6.59. The molecule has 1 aliphatic heterocycles. The Hall–Kier alpha value is -4.30. The topological polar surface area (TPSA) is 187 Å². The first kappa shape index (κ1) is 27.3. The summed E-state index contributed by atoms with van der Waals surface area (Å²) in [6.45, 7) is 0.419. The molecule has 4 aromatic rings. The van der Waals surface area contributed by atoms with Gasteiger partial charge in [-0.25, -0.2) is 19.7 Å². The highest BCUT2D eigenvalue weighted by Crippen LogP contribution is 2.32. The van der Waals surface area contributed by atoms with Crippen LogP contribution in [0.5, 0.6) is 5.75 Å². The summed E-state index contributed by atoms with van der Waals surface area (Å²) >= 11 is 6.22. The fourth-order valence-corrected chi connectivity index (χ4v) is 4.50. The SMILES string of the molecule is NC1C(C(=O)O)OC(n2cnc3c(NCc4cc(Cl)ccc4OCC(=O)NCc4ccccc4)ncnc32)C1O. The van der Waals surface area contributed by atoms with Crippen LogP contribution in [0.25, 0.3) is 11.2 Å². The van der Waals surface area contributed by atoms with E-state index in [9.17, 15) is 19.8 Å². The summed E-state index contributed by atoms with van der Waals surface area (Å²) in [5.74, 6) is -0.730. The summed E-state index contributed by atoms with van der Waals surface area (Å²) in [6, 6.07) is 13.5. The maximum Gasteiger partial charge on any atom is 0.334 e. The van der Waals surface area contributed by atoms with Gasteiger partial charge >= 0.3 is 5.97 Å². The van der Waals surface area contributed by atoms with Crippen molar-refractivity contribution in [2.24, 2.45) is 5.73 Å². The lowest BCUT2D eigenvalue weighted by Gasteiger charge is -2.16. The Balaban J connectivity index is 1.27. The molecule has 5 rings (SSSR count). The number of amides is 1. The van der Waals surface area contributed by atoms with Crippen molar-refractivity contribution in [3.8, 4) is 5.75 Å². The predicted octanol–water partition coefficient (Wildman–Crippen LogP) is 1.46. The van der Waals surface area contributed by atoms with Gasteiger partial charge in [0.15, 0.2) is 35.9 Å². The van der Waals surface area contributed by atoms with Crippen molar-refractivity contribution in [3.05, 3.63) is 77.3 Å². The Morgan fingerprint density at radius 2 is 1.93 bits per heavy atom. The summed E-state index contributed by atoms with van der Waals surface area (Å²) in [5.41, 5.74) is 8.14. The number of nitrogens with two attached hydrogens (primary N) is 1. The fraction of sp³-hybridized carbons (Fsp3) is 0.269. The first-order valence-electron chi connectivity index (χ1n) is 12.3. The Morgan fingerprint density at radius 3 is 2.67 bits per heavy atom. The van der Waals surface area contributed by atoms with Crippen molar-refractivity contribution in [1.29, 1.82) is 0 Å². The number of carbonyl (C=O) groups excluding carboxylic acids is 1. The van der Waals surface area contributed by atoms with Crippen LogP contribution in [0.1, 0.15) is 17.4 Å². The zero-order valence-corrected chi connectivity index (χ0v) is 21.7. The molecule has 0 saturated carbocycles. The van der Waals surface area contributed by atoms with Crippen molar-refractivity contribution < 1.29 is 29.3 Å². The maximum atomic E-state index is 12.3. The van der Waals surface area contributed by atoms with Crippen LogP contribution >= 0.6 is 11.6 Å². The summed E-state index contributed by atoms with van der Waals surface area (Å²) in [5, 5.41) is 26.3. The van der Waals surface area contributed by atoms with Crippen molar-refractivity contribution in [2.75, 3.05) is 11.9 Å². The van der Waals surface area contributed by atoms with Crippen LogP contribution in [-0.4, -0.2) is 66.5 Å². The number of benzene rings is 2. The summed E-state index contributed by atoms with van der Waals surface area (Å²) in [4.78, 5) is 36.6.